The zero-order chi connectivity index (χ0) is 13.8. The topological polar surface area (TPSA) is 29.3 Å². The standard InChI is InChI=1S/C17H28N2/c1-4-6-13-7-5-8-14(11-13)15-9-10-16(18)17(12-15)19(2)3/h5,7-8,11,15-17H,4,6,9-10,12,18H2,1-3H3/t15?,16-,17-/m0/s1. The van der Waals surface area contributed by atoms with Crippen molar-refractivity contribution in [2.24, 2.45) is 5.73 Å². The molecule has 1 aliphatic carbocycles. The minimum Gasteiger partial charge on any atom is -0.326 e. The van der Waals surface area contributed by atoms with Crippen molar-refractivity contribution in [3.63, 3.8) is 0 Å². The average molecular weight is 260 g/mol. The van der Waals surface area contributed by atoms with Crippen LogP contribution < -0.4 is 5.73 Å². The second-order valence-corrected chi connectivity index (χ2v) is 6.20. The summed E-state index contributed by atoms with van der Waals surface area (Å²) in [6, 6.07) is 10.0. The SMILES string of the molecule is CCCc1cccc(C2CC[C@H](N)[C@@H](N(C)C)C2)c1. The van der Waals surface area contributed by atoms with Crippen molar-refractivity contribution in [1.29, 1.82) is 0 Å². The third kappa shape index (κ3) is 3.58. The smallest absolute Gasteiger partial charge is 0.0246 e. The van der Waals surface area contributed by atoms with Gasteiger partial charge in [0, 0.05) is 12.1 Å². The minimum absolute atomic E-state index is 0.338. The van der Waals surface area contributed by atoms with Gasteiger partial charge in [-0.15, -0.1) is 0 Å². The van der Waals surface area contributed by atoms with Gasteiger partial charge in [-0.1, -0.05) is 37.6 Å². The Morgan fingerprint density at radius 2 is 2.05 bits per heavy atom. The van der Waals surface area contributed by atoms with Crippen molar-refractivity contribution < 1.29 is 0 Å². The summed E-state index contributed by atoms with van der Waals surface area (Å²) in [6.45, 7) is 2.24. The highest BCUT2D eigenvalue weighted by molar-refractivity contribution is 5.27. The van der Waals surface area contributed by atoms with Gasteiger partial charge in [0.15, 0.2) is 0 Å². The van der Waals surface area contributed by atoms with E-state index in [1.807, 2.05) is 0 Å². The number of likely N-dealkylation sites (N-methyl/N-ethyl adjacent to an activating group) is 1. The van der Waals surface area contributed by atoms with E-state index in [9.17, 15) is 0 Å². The van der Waals surface area contributed by atoms with Gasteiger partial charge in [-0.2, -0.15) is 0 Å². The number of hydrogen-bond acceptors (Lipinski definition) is 2. The number of nitrogens with two attached hydrogens (primary N) is 1. The molecule has 0 amide bonds. The van der Waals surface area contributed by atoms with E-state index in [1.54, 1.807) is 0 Å². The van der Waals surface area contributed by atoms with Gasteiger partial charge in [-0.3, -0.25) is 0 Å². The second kappa shape index (κ2) is 6.53. The molecule has 1 aromatic rings. The average Bonchev–Trinajstić information content (AvgIpc) is 2.39. The molecule has 0 aromatic heterocycles. The Balaban J connectivity index is 2.11. The van der Waals surface area contributed by atoms with Crippen LogP contribution in [0.4, 0.5) is 0 Å². The summed E-state index contributed by atoms with van der Waals surface area (Å²) in [5.74, 6) is 0.684. The highest BCUT2D eigenvalue weighted by atomic mass is 15.1. The van der Waals surface area contributed by atoms with Crippen LogP contribution in [-0.4, -0.2) is 31.1 Å². The van der Waals surface area contributed by atoms with Crippen LogP contribution in [0.5, 0.6) is 0 Å². The molecule has 0 spiro atoms. The lowest BCUT2D eigenvalue weighted by molar-refractivity contribution is 0.186. The van der Waals surface area contributed by atoms with Gasteiger partial charge in [-0.05, 0) is 56.8 Å². The summed E-state index contributed by atoms with van der Waals surface area (Å²) in [5.41, 5.74) is 9.26. The molecule has 2 N–H and O–H groups in total. The van der Waals surface area contributed by atoms with Crippen molar-refractivity contribution in [3.05, 3.63) is 35.4 Å². The molecule has 1 aliphatic rings. The summed E-state index contributed by atoms with van der Waals surface area (Å²) in [6.07, 6.45) is 5.99. The Hall–Kier alpha value is -0.860. The summed E-state index contributed by atoms with van der Waals surface area (Å²) < 4.78 is 0. The molecular formula is C17H28N2. The largest absolute Gasteiger partial charge is 0.326 e. The van der Waals surface area contributed by atoms with Crippen LogP contribution in [-0.2, 0) is 6.42 Å². The highest BCUT2D eigenvalue weighted by Crippen LogP contribution is 2.34. The van der Waals surface area contributed by atoms with Crippen LogP contribution in [0.1, 0.15) is 49.7 Å². The first-order chi connectivity index (χ1) is 9.11. The molecule has 2 heteroatoms. The zero-order valence-electron chi connectivity index (χ0n) is 12.6. The van der Waals surface area contributed by atoms with Gasteiger partial charge < -0.3 is 10.6 Å². The van der Waals surface area contributed by atoms with Gasteiger partial charge in [-0.25, -0.2) is 0 Å². The van der Waals surface area contributed by atoms with Crippen LogP contribution in [0.25, 0.3) is 0 Å². The van der Waals surface area contributed by atoms with E-state index in [4.69, 9.17) is 5.73 Å². The van der Waals surface area contributed by atoms with Crippen LogP contribution in [0, 0.1) is 0 Å². The Bertz CT molecular complexity index is 400. The maximum atomic E-state index is 6.26. The molecule has 0 radical (unpaired) electrons. The lowest BCUT2D eigenvalue weighted by Gasteiger charge is -2.38. The molecule has 1 fully saturated rings. The van der Waals surface area contributed by atoms with Gasteiger partial charge in [0.05, 0.1) is 0 Å². The van der Waals surface area contributed by atoms with Crippen LogP contribution >= 0.6 is 0 Å². The zero-order valence-corrected chi connectivity index (χ0v) is 12.6. The molecule has 2 rings (SSSR count). The van der Waals surface area contributed by atoms with Crippen LogP contribution in [0.2, 0.25) is 0 Å². The molecule has 19 heavy (non-hydrogen) atoms. The molecule has 0 saturated heterocycles. The Kier molecular flexibility index (Phi) is 5.00. The lowest BCUT2D eigenvalue weighted by atomic mass is 9.78. The first kappa shape index (κ1) is 14.5. The Morgan fingerprint density at radius 3 is 2.74 bits per heavy atom. The van der Waals surface area contributed by atoms with E-state index in [0.29, 0.717) is 18.0 Å². The third-order valence-electron chi connectivity index (χ3n) is 4.49. The van der Waals surface area contributed by atoms with Gasteiger partial charge in [0.25, 0.3) is 0 Å². The van der Waals surface area contributed by atoms with E-state index in [-0.39, 0.29) is 0 Å². The van der Waals surface area contributed by atoms with E-state index in [0.717, 1.165) is 6.42 Å². The number of benzene rings is 1. The Morgan fingerprint density at radius 1 is 1.26 bits per heavy atom. The molecule has 0 aliphatic heterocycles. The monoisotopic (exact) mass is 260 g/mol. The van der Waals surface area contributed by atoms with E-state index >= 15 is 0 Å². The van der Waals surface area contributed by atoms with Gasteiger partial charge >= 0.3 is 0 Å². The first-order valence-electron chi connectivity index (χ1n) is 7.62. The fraction of sp³-hybridized carbons (Fsp3) is 0.647. The Labute approximate surface area is 118 Å². The molecule has 3 atom stereocenters. The quantitative estimate of drug-likeness (QED) is 0.901. The van der Waals surface area contributed by atoms with Crippen molar-refractivity contribution in [1.82, 2.24) is 4.90 Å². The summed E-state index contributed by atoms with van der Waals surface area (Å²) in [4.78, 5) is 2.30. The number of nitrogens with zero attached hydrogens (tertiary/aromatic N) is 1. The van der Waals surface area contributed by atoms with Crippen LogP contribution in [0.15, 0.2) is 24.3 Å². The fourth-order valence-corrected chi connectivity index (χ4v) is 3.36. The van der Waals surface area contributed by atoms with Gasteiger partial charge in [0.1, 0.15) is 0 Å². The molecule has 2 nitrogen and oxygen atoms in total. The van der Waals surface area contributed by atoms with Crippen LogP contribution in [0.3, 0.4) is 0 Å². The third-order valence-corrected chi connectivity index (χ3v) is 4.49. The predicted octanol–water partition coefficient (Wildman–Crippen LogP) is 3.16. The van der Waals surface area contributed by atoms with Crippen molar-refractivity contribution in [3.8, 4) is 0 Å². The molecule has 1 saturated carbocycles. The molecule has 0 heterocycles. The lowest BCUT2D eigenvalue weighted by Crippen LogP contribution is -2.47. The second-order valence-electron chi connectivity index (χ2n) is 6.20. The van der Waals surface area contributed by atoms with Crippen molar-refractivity contribution in [2.45, 2.75) is 57.0 Å². The van der Waals surface area contributed by atoms with E-state index < -0.39 is 0 Å². The van der Waals surface area contributed by atoms with Crippen molar-refractivity contribution in [2.75, 3.05) is 14.1 Å². The summed E-state index contributed by atoms with van der Waals surface area (Å²) >= 11 is 0. The van der Waals surface area contributed by atoms with E-state index in [2.05, 4.69) is 50.2 Å². The first-order valence-corrected chi connectivity index (χ1v) is 7.62. The molecule has 0 bridgehead atoms. The molecular weight excluding hydrogens is 232 g/mol. The predicted molar refractivity (Wildman–Crippen MR) is 82.5 cm³/mol. The van der Waals surface area contributed by atoms with E-state index in [1.165, 1.54) is 36.8 Å². The summed E-state index contributed by atoms with van der Waals surface area (Å²) in [7, 11) is 4.31. The fourth-order valence-electron chi connectivity index (χ4n) is 3.36. The van der Waals surface area contributed by atoms with Gasteiger partial charge in [0.2, 0.25) is 0 Å². The minimum atomic E-state index is 0.338. The molecule has 1 unspecified atom stereocenters. The molecule has 1 aromatic carbocycles. The maximum absolute atomic E-state index is 6.26. The normalized spacial score (nSPS) is 27.7. The van der Waals surface area contributed by atoms with Crippen molar-refractivity contribution >= 4 is 0 Å². The number of rotatable bonds is 4. The molecule has 106 valence electrons. The number of aryl methyl sites for hydroxylation is 1. The summed E-state index contributed by atoms with van der Waals surface area (Å²) in [5, 5.41) is 0. The maximum Gasteiger partial charge on any atom is 0.0246 e. The highest BCUT2D eigenvalue weighted by Gasteiger charge is 2.30. The number of hydrogen-bond donors (Lipinski definition) is 1.